The Morgan fingerprint density at radius 1 is 0.644 bits per heavy atom. The molecule has 0 amide bonds. The number of ketones is 2. The summed E-state index contributed by atoms with van der Waals surface area (Å²) < 4.78 is 0. The van der Waals surface area contributed by atoms with Crippen molar-refractivity contribution in [2.24, 2.45) is 59.2 Å². The summed E-state index contributed by atoms with van der Waals surface area (Å²) in [5.41, 5.74) is 0. The number of unbranched alkanes of at least 4 members (excludes halogenated alkanes) is 9. The molecule has 5 aliphatic rings. The summed E-state index contributed by atoms with van der Waals surface area (Å²) >= 11 is 3.77. The van der Waals surface area contributed by atoms with Crippen molar-refractivity contribution in [1.29, 1.82) is 0 Å². The maximum atomic E-state index is 14.7. The first-order valence-electron chi connectivity index (χ1n) is 19.2. The zero-order valence-corrected chi connectivity index (χ0v) is 29.7. The Balaban J connectivity index is 1.08. The lowest BCUT2D eigenvalue weighted by atomic mass is 9.54. The molecule has 0 bridgehead atoms. The number of rotatable bonds is 13. The highest BCUT2D eigenvalue weighted by atomic mass is 32.1. The van der Waals surface area contributed by atoms with Crippen molar-refractivity contribution in [3.05, 3.63) is 44.8 Å². The van der Waals surface area contributed by atoms with Gasteiger partial charge in [0.25, 0.3) is 0 Å². The number of fused-ring (bicyclic) bond motifs is 6. The molecule has 0 aromatic carbocycles. The first-order valence-corrected chi connectivity index (χ1v) is 21.0. The Morgan fingerprint density at radius 2 is 1.16 bits per heavy atom. The number of carbonyl (C=O) groups excluding carboxylic acids is 2. The largest absolute Gasteiger partial charge is 0.299 e. The summed E-state index contributed by atoms with van der Waals surface area (Å²) in [6, 6.07) is 8.97. The molecule has 0 spiro atoms. The topological polar surface area (TPSA) is 34.1 Å². The van der Waals surface area contributed by atoms with E-state index in [-0.39, 0.29) is 23.7 Å². The van der Waals surface area contributed by atoms with Gasteiger partial charge in [0.15, 0.2) is 0 Å². The van der Waals surface area contributed by atoms with E-state index in [0.29, 0.717) is 58.9 Å². The fraction of sp³-hybridized carbons (Fsp3) is 0.756. The molecule has 45 heavy (non-hydrogen) atoms. The van der Waals surface area contributed by atoms with E-state index in [1.807, 2.05) is 22.7 Å². The summed E-state index contributed by atoms with van der Waals surface area (Å²) in [5, 5.41) is 4.41. The van der Waals surface area contributed by atoms with E-state index in [9.17, 15) is 9.59 Å². The molecule has 5 aliphatic carbocycles. The number of hydrogen-bond acceptors (Lipinski definition) is 4. The highest BCUT2D eigenvalue weighted by Gasteiger charge is 2.66. The zero-order valence-electron chi connectivity index (χ0n) is 28.0. The van der Waals surface area contributed by atoms with Gasteiger partial charge >= 0.3 is 0 Å². The van der Waals surface area contributed by atoms with Crippen LogP contribution in [0.4, 0.5) is 0 Å². The molecule has 5 saturated carbocycles. The second kappa shape index (κ2) is 14.5. The van der Waals surface area contributed by atoms with Crippen molar-refractivity contribution in [2.45, 2.75) is 135 Å². The Hall–Kier alpha value is -1.26. The van der Waals surface area contributed by atoms with Gasteiger partial charge in [-0.25, -0.2) is 0 Å². The van der Waals surface area contributed by atoms with Gasteiger partial charge in [0.2, 0.25) is 0 Å². The van der Waals surface area contributed by atoms with Crippen LogP contribution in [0.5, 0.6) is 0 Å². The lowest BCUT2D eigenvalue weighted by Gasteiger charge is -2.49. The van der Waals surface area contributed by atoms with Crippen molar-refractivity contribution in [1.82, 2.24) is 0 Å². The van der Waals surface area contributed by atoms with E-state index in [0.717, 1.165) is 12.8 Å². The van der Waals surface area contributed by atoms with Crippen LogP contribution in [0, 0.1) is 59.2 Å². The number of hydrogen-bond donors (Lipinski definition) is 0. The van der Waals surface area contributed by atoms with Crippen LogP contribution in [0.15, 0.2) is 35.0 Å². The van der Waals surface area contributed by atoms with Crippen LogP contribution in [-0.4, -0.2) is 11.6 Å². The molecule has 0 saturated heterocycles. The van der Waals surface area contributed by atoms with Crippen LogP contribution in [0.25, 0.3) is 0 Å². The molecular weight excluding hydrogens is 589 g/mol. The highest BCUT2D eigenvalue weighted by Crippen LogP contribution is 2.67. The van der Waals surface area contributed by atoms with Gasteiger partial charge in [-0.1, -0.05) is 90.2 Å². The maximum Gasteiger partial charge on any atom is 0.139 e. The molecule has 4 heteroatoms. The summed E-state index contributed by atoms with van der Waals surface area (Å²) in [5.74, 6) is 6.02. The first-order chi connectivity index (χ1) is 22.1. The fourth-order valence-electron chi connectivity index (χ4n) is 12.1. The zero-order chi connectivity index (χ0) is 30.9. The molecule has 246 valence electrons. The summed E-state index contributed by atoms with van der Waals surface area (Å²) in [4.78, 5) is 32.2. The molecule has 7 rings (SSSR count). The number of carbonyl (C=O) groups is 2. The Bertz CT molecular complexity index is 1210. The third-order valence-electron chi connectivity index (χ3n) is 13.9. The van der Waals surface area contributed by atoms with Crippen LogP contribution in [0.2, 0.25) is 0 Å². The summed E-state index contributed by atoms with van der Waals surface area (Å²) in [7, 11) is 0. The predicted molar refractivity (Wildman–Crippen MR) is 189 cm³/mol. The quantitative estimate of drug-likeness (QED) is 0.203. The minimum atomic E-state index is 0.207. The van der Waals surface area contributed by atoms with Gasteiger partial charge in [0, 0.05) is 33.4 Å². The third-order valence-corrected chi connectivity index (χ3v) is 16.0. The predicted octanol–water partition coefficient (Wildman–Crippen LogP) is 11.7. The van der Waals surface area contributed by atoms with Gasteiger partial charge in [-0.05, 0) is 115 Å². The Morgan fingerprint density at radius 3 is 1.69 bits per heavy atom. The fourth-order valence-corrected chi connectivity index (χ4v) is 13.8. The molecular formula is C41H58O2S2. The van der Waals surface area contributed by atoms with Crippen molar-refractivity contribution in [3.8, 4) is 0 Å². The van der Waals surface area contributed by atoms with Crippen molar-refractivity contribution in [3.63, 3.8) is 0 Å². The van der Waals surface area contributed by atoms with Gasteiger partial charge < -0.3 is 0 Å². The number of Topliss-reactive ketones (excluding diaryl/α,β-unsaturated/α-hetero) is 2. The monoisotopic (exact) mass is 646 g/mol. The molecule has 2 heterocycles. The minimum Gasteiger partial charge on any atom is -0.299 e. The highest BCUT2D eigenvalue weighted by molar-refractivity contribution is 7.10. The van der Waals surface area contributed by atoms with E-state index in [4.69, 9.17) is 0 Å². The lowest BCUT2D eigenvalue weighted by Crippen LogP contribution is -2.47. The van der Waals surface area contributed by atoms with E-state index in [1.54, 1.807) is 0 Å². The van der Waals surface area contributed by atoms with Crippen LogP contribution >= 0.6 is 22.7 Å². The van der Waals surface area contributed by atoms with Crippen molar-refractivity contribution in [2.75, 3.05) is 0 Å². The number of thiophene rings is 2. The molecule has 5 fully saturated rings. The van der Waals surface area contributed by atoms with Gasteiger partial charge in [-0.15, -0.1) is 22.7 Å². The molecule has 0 aliphatic heterocycles. The maximum absolute atomic E-state index is 14.7. The van der Waals surface area contributed by atoms with Gasteiger partial charge in [-0.3, -0.25) is 9.59 Å². The van der Waals surface area contributed by atoms with Gasteiger partial charge in [0.05, 0.1) is 0 Å². The molecule has 0 N–H and O–H groups in total. The van der Waals surface area contributed by atoms with E-state index < -0.39 is 0 Å². The van der Waals surface area contributed by atoms with Crippen LogP contribution in [0.1, 0.15) is 145 Å². The van der Waals surface area contributed by atoms with E-state index >= 15 is 0 Å². The first kappa shape index (κ1) is 32.3. The molecule has 2 aromatic rings. The van der Waals surface area contributed by atoms with Crippen LogP contribution in [-0.2, 0) is 9.59 Å². The van der Waals surface area contributed by atoms with Crippen LogP contribution < -0.4 is 0 Å². The summed E-state index contributed by atoms with van der Waals surface area (Å²) in [6.07, 6.45) is 21.7. The molecule has 2 nitrogen and oxygen atoms in total. The van der Waals surface area contributed by atoms with Crippen molar-refractivity contribution >= 4 is 34.2 Å². The molecule has 0 radical (unpaired) electrons. The smallest absolute Gasteiger partial charge is 0.139 e. The third kappa shape index (κ3) is 6.23. The molecule has 12 unspecified atom stereocenters. The second-order valence-corrected chi connectivity index (χ2v) is 18.1. The molecule has 2 aromatic heterocycles. The average Bonchev–Trinajstić information content (AvgIpc) is 3.87. The Kier molecular flexibility index (Phi) is 10.4. The molecule has 12 atom stereocenters. The minimum absolute atomic E-state index is 0.207. The van der Waals surface area contributed by atoms with Crippen molar-refractivity contribution < 1.29 is 9.59 Å². The Labute approximate surface area is 281 Å². The SMILES string of the molecule is CCCCCCCCCCCCC1C2C(=O)C3CC(c4cccs4)CCC3C2C(C)C2C(=O)C3CC(c4cccs4)CCC3C12. The normalized spacial score (nSPS) is 39.0. The van der Waals surface area contributed by atoms with Gasteiger partial charge in [-0.2, -0.15) is 0 Å². The van der Waals surface area contributed by atoms with Gasteiger partial charge in [0.1, 0.15) is 11.6 Å². The lowest BCUT2D eigenvalue weighted by molar-refractivity contribution is -0.135. The average molecular weight is 647 g/mol. The standard InChI is InChI=1S/C41H58O2S2/c1-3-4-5-6-7-8-9-10-11-12-15-31-38-30-21-19-28(35-17-14-23-45-35)25-33(30)40(42)37(38)26(2)36-29-20-18-27(34-16-13-22-44-34)24-32(29)41(43)39(31)36/h13-14,16-17,22-23,26-33,36-39H,3-12,15,18-21,24-25H2,1-2H3. The van der Waals surface area contributed by atoms with E-state index in [2.05, 4.69) is 48.9 Å². The van der Waals surface area contributed by atoms with Crippen LogP contribution in [0.3, 0.4) is 0 Å². The summed E-state index contributed by atoms with van der Waals surface area (Å²) in [6.45, 7) is 4.73. The van der Waals surface area contributed by atoms with E-state index in [1.165, 1.54) is 106 Å². The second-order valence-electron chi connectivity index (χ2n) is 16.1.